The second-order valence-corrected chi connectivity index (χ2v) is 3.51. The van der Waals surface area contributed by atoms with Crippen LogP contribution in [0.4, 0.5) is 10.1 Å². The van der Waals surface area contributed by atoms with Crippen LogP contribution in [0.25, 0.3) is 0 Å². The molecule has 1 aromatic rings. The molecule has 1 N–H and O–H groups in total. The van der Waals surface area contributed by atoms with Crippen molar-refractivity contribution < 1.29 is 9.50 Å². The molecule has 0 aromatic heterocycles. The molecule has 0 spiro atoms. The zero-order valence-electron chi connectivity index (χ0n) is 8.74. The fourth-order valence-corrected chi connectivity index (χ4v) is 1.33. The highest BCUT2D eigenvalue weighted by atomic mass is 19.1. The van der Waals surface area contributed by atoms with E-state index in [0.717, 1.165) is 0 Å². The number of benzene rings is 1. The van der Waals surface area contributed by atoms with Gasteiger partial charge in [-0.3, -0.25) is 0 Å². The summed E-state index contributed by atoms with van der Waals surface area (Å²) in [6.45, 7) is 2.09. The number of hydrogen-bond acceptors (Lipinski definition) is 3. The number of rotatable bonds is 3. The van der Waals surface area contributed by atoms with E-state index in [1.165, 1.54) is 12.1 Å². The van der Waals surface area contributed by atoms with Crippen molar-refractivity contribution in [3.8, 4) is 6.07 Å². The van der Waals surface area contributed by atoms with Gasteiger partial charge in [0.25, 0.3) is 0 Å². The molecule has 0 fully saturated rings. The van der Waals surface area contributed by atoms with Crippen molar-refractivity contribution in [1.82, 2.24) is 0 Å². The molecule has 4 heteroatoms. The number of aliphatic hydroxyl groups is 1. The maximum Gasteiger partial charge on any atom is 0.143 e. The molecule has 1 rings (SSSR count). The van der Waals surface area contributed by atoms with Crippen molar-refractivity contribution in [2.75, 3.05) is 18.5 Å². The molecule has 0 saturated heterocycles. The fourth-order valence-electron chi connectivity index (χ4n) is 1.33. The first-order chi connectivity index (χ1) is 7.04. The first-order valence-electron chi connectivity index (χ1n) is 4.63. The largest absolute Gasteiger partial charge is 0.392 e. The highest BCUT2D eigenvalue weighted by Crippen LogP contribution is 2.17. The van der Waals surface area contributed by atoms with Gasteiger partial charge in [-0.05, 0) is 25.1 Å². The third kappa shape index (κ3) is 2.93. The number of aliphatic hydroxyl groups excluding tert-OH is 1. The van der Waals surface area contributed by atoms with Crippen molar-refractivity contribution in [3.63, 3.8) is 0 Å². The number of nitriles is 1. The van der Waals surface area contributed by atoms with Gasteiger partial charge >= 0.3 is 0 Å². The van der Waals surface area contributed by atoms with E-state index in [2.05, 4.69) is 0 Å². The number of nitrogens with zero attached hydrogens (tertiary/aromatic N) is 2. The molecule has 0 aliphatic heterocycles. The SMILES string of the molecule is CC(O)CN(C)c1ccc(C#N)c(F)c1. The summed E-state index contributed by atoms with van der Waals surface area (Å²) in [5, 5.41) is 17.7. The molecule has 1 atom stereocenters. The average molecular weight is 208 g/mol. The lowest BCUT2D eigenvalue weighted by Gasteiger charge is -2.20. The minimum atomic E-state index is -0.535. The van der Waals surface area contributed by atoms with Crippen LogP contribution in [-0.2, 0) is 0 Å². The maximum absolute atomic E-state index is 13.2. The Kier molecular flexibility index (Phi) is 3.64. The van der Waals surface area contributed by atoms with Gasteiger partial charge in [0.2, 0.25) is 0 Å². The average Bonchev–Trinajstić information content (AvgIpc) is 2.16. The molecule has 0 aliphatic rings. The Hall–Kier alpha value is -1.60. The Balaban J connectivity index is 2.88. The molecular weight excluding hydrogens is 195 g/mol. The minimum absolute atomic E-state index is 0.0317. The van der Waals surface area contributed by atoms with Crippen molar-refractivity contribution >= 4 is 5.69 Å². The van der Waals surface area contributed by atoms with Crippen LogP contribution >= 0.6 is 0 Å². The molecule has 3 nitrogen and oxygen atoms in total. The monoisotopic (exact) mass is 208 g/mol. The van der Waals surface area contributed by atoms with E-state index in [0.29, 0.717) is 12.2 Å². The molecule has 0 heterocycles. The smallest absolute Gasteiger partial charge is 0.143 e. The van der Waals surface area contributed by atoms with Gasteiger partial charge in [0.15, 0.2) is 0 Å². The Morgan fingerprint density at radius 3 is 2.73 bits per heavy atom. The standard InChI is InChI=1S/C11H13FN2O/c1-8(15)7-14(2)10-4-3-9(6-13)11(12)5-10/h3-5,8,15H,7H2,1-2H3. The molecular formula is C11H13FN2O. The van der Waals surface area contributed by atoms with Crippen LogP contribution in [0.2, 0.25) is 0 Å². The first-order valence-corrected chi connectivity index (χ1v) is 4.63. The summed E-state index contributed by atoms with van der Waals surface area (Å²) in [5.41, 5.74) is 0.677. The van der Waals surface area contributed by atoms with E-state index < -0.39 is 11.9 Å². The van der Waals surface area contributed by atoms with Gasteiger partial charge in [0.05, 0.1) is 11.7 Å². The van der Waals surface area contributed by atoms with Gasteiger partial charge < -0.3 is 10.0 Å². The van der Waals surface area contributed by atoms with E-state index in [-0.39, 0.29) is 5.56 Å². The Morgan fingerprint density at radius 1 is 1.60 bits per heavy atom. The van der Waals surface area contributed by atoms with Crippen LogP contribution in [-0.4, -0.2) is 24.8 Å². The molecule has 1 unspecified atom stereocenters. The normalized spacial score (nSPS) is 11.9. The summed E-state index contributed by atoms with van der Waals surface area (Å²) in [7, 11) is 1.76. The summed E-state index contributed by atoms with van der Waals surface area (Å²) in [6.07, 6.45) is -0.478. The van der Waals surface area contributed by atoms with Gasteiger partial charge in [-0.25, -0.2) is 4.39 Å². The van der Waals surface area contributed by atoms with Crippen molar-refractivity contribution in [2.24, 2.45) is 0 Å². The van der Waals surface area contributed by atoms with E-state index in [4.69, 9.17) is 10.4 Å². The highest BCUT2D eigenvalue weighted by molar-refractivity contribution is 5.49. The third-order valence-electron chi connectivity index (χ3n) is 2.05. The Morgan fingerprint density at radius 2 is 2.27 bits per heavy atom. The maximum atomic E-state index is 13.2. The summed E-state index contributed by atoms with van der Waals surface area (Å²) in [5.74, 6) is -0.535. The number of hydrogen-bond donors (Lipinski definition) is 1. The highest BCUT2D eigenvalue weighted by Gasteiger charge is 2.07. The van der Waals surface area contributed by atoms with Gasteiger partial charge in [-0.2, -0.15) is 5.26 Å². The summed E-state index contributed by atoms with van der Waals surface area (Å²) in [6, 6.07) is 6.14. The molecule has 0 aliphatic carbocycles. The lowest BCUT2D eigenvalue weighted by atomic mass is 10.2. The van der Waals surface area contributed by atoms with E-state index in [1.807, 2.05) is 0 Å². The predicted octanol–water partition coefficient (Wildman–Crippen LogP) is 1.51. The minimum Gasteiger partial charge on any atom is -0.392 e. The van der Waals surface area contributed by atoms with Crippen LogP contribution in [0.1, 0.15) is 12.5 Å². The fraction of sp³-hybridized carbons (Fsp3) is 0.364. The Labute approximate surface area is 88.4 Å². The number of halogens is 1. The van der Waals surface area contributed by atoms with Crippen molar-refractivity contribution in [1.29, 1.82) is 5.26 Å². The quantitative estimate of drug-likeness (QED) is 0.819. The van der Waals surface area contributed by atoms with Crippen LogP contribution in [0.3, 0.4) is 0 Å². The van der Waals surface area contributed by atoms with Gasteiger partial charge in [0, 0.05) is 19.3 Å². The third-order valence-corrected chi connectivity index (χ3v) is 2.05. The molecule has 0 radical (unpaired) electrons. The Bertz CT molecular complexity index is 385. The van der Waals surface area contributed by atoms with Crippen molar-refractivity contribution in [2.45, 2.75) is 13.0 Å². The van der Waals surface area contributed by atoms with E-state index >= 15 is 0 Å². The number of likely N-dealkylation sites (N-methyl/N-ethyl adjacent to an activating group) is 1. The first kappa shape index (κ1) is 11.5. The van der Waals surface area contributed by atoms with Gasteiger partial charge in [-0.15, -0.1) is 0 Å². The summed E-state index contributed by atoms with van der Waals surface area (Å²) in [4.78, 5) is 1.73. The lowest BCUT2D eigenvalue weighted by Crippen LogP contribution is -2.26. The second-order valence-electron chi connectivity index (χ2n) is 3.51. The molecule has 0 saturated carbocycles. The van der Waals surface area contributed by atoms with Crippen LogP contribution in [0, 0.1) is 17.1 Å². The summed E-state index contributed by atoms with van der Waals surface area (Å²) >= 11 is 0. The zero-order chi connectivity index (χ0) is 11.4. The molecule has 0 bridgehead atoms. The summed E-state index contributed by atoms with van der Waals surface area (Å²) < 4.78 is 13.2. The van der Waals surface area contributed by atoms with Crippen LogP contribution in [0.5, 0.6) is 0 Å². The van der Waals surface area contributed by atoms with Gasteiger partial charge in [-0.1, -0.05) is 0 Å². The lowest BCUT2D eigenvalue weighted by molar-refractivity contribution is 0.201. The molecule has 80 valence electrons. The van der Waals surface area contributed by atoms with Crippen LogP contribution in [0.15, 0.2) is 18.2 Å². The molecule has 0 amide bonds. The zero-order valence-corrected chi connectivity index (χ0v) is 8.74. The molecule has 1 aromatic carbocycles. The second kappa shape index (κ2) is 4.76. The molecule has 15 heavy (non-hydrogen) atoms. The van der Waals surface area contributed by atoms with E-state index in [9.17, 15) is 4.39 Å². The predicted molar refractivity (Wildman–Crippen MR) is 56.1 cm³/mol. The van der Waals surface area contributed by atoms with E-state index in [1.54, 1.807) is 31.0 Å². The van der Waals surface area contributed by atoms with Crippen molar-refractivity contribution in [3.05, 3.63) is 29.6 Å². The van der Waals surface area contributed by atoms with Gasteiger partial charge in [0.1, 0.15) is 11.9 Å². The number of anilines is 1. The topological polar surface area (TPSA) is 47.3 Å². The van der Waals surface area contributed by atoms with Crippen LogP contribution < -0.4 is 4.90 Å².